The van der Waals surface area contributed by atoms with Crippen LogP contribution in [0.2, 0.25) is 0 Å². The normalized spacial score (nSPS) is 17.7. The lowest BCUT2D eigenvalue weighted by molar-refractivity contribution is -0.137. The van der Waals surface area contributed by atoms with Crippen LogP contribution < -0.4 is 11.2 Å². The Morgan fingerprint density at radius 1 is 1.06 bits per heavy atom. The number of rotatable bonds is 8. The van der Waals surface area contributed by atoms with Gasteiger partial charge in [-0.25, -0.2) is 9.78 Å². The lowest BCUT2D eigenvalue weighted by Crippen LogP contribution is -2.40. The van der Waals surface area contributed by atoms with E-state index in [1.54, 1.807) is 23.0 Å². The summed E-state index contributed by atoms with van der Waals surface area (Å²) < 4.78 is 43.0. The first kappa shape index (κ1) is 24.1. The summed E-state index contributed by atoms with van der Waals surface area (Å²) in [5.41, 5.74) is 0.845. The molecular formula is C25H27F3N6O2. The molecule has 8 nitrogen and oxygen atoms in total. The summed E-state index contributed by atoms with van der Waals surface area (Å²) in [6, 6.07) is 5.37. The van der Waals surface area contributed by atoms with Crippen LogP contribution in [0.4, 0.5) is 13.2 Å². The van der Waals surface area contributed by atoms with Gasteiger partial charge in [-0.2, -0.15) is 18.3 Å². The van der Waals surface area contributed by atoms with Gasteiger partial charge >= 0.3 is 11.9 Å². The second kappa shape index (κ2) is 9.11. The Kier molecular flexibility index (Phi) is 6.09. The predicted octanol–water partition coefficient (Wildman–Crippen LogP) is 4.39. The maximum Gasteiger partial charge on any atom is 0.416 e. The van der Waals surface area contributed by atoms with Crippen LogP contribution in [0.1, 0.15) is 50.2 Å². The number of benzene rings is 1. The van der Waals surface area contributed by atoms with Crippen molar-refractivity contribution in [1.82, 2.24) is 28.9 Å². The molecule has 5 rings (SSSR count). The Hall–Kier alpha value is -3.63. The quantitative estimate of drug-likeness (QED) is 0.389. The van der Waals surface area contributed by atoms with Crippen LogP contribution in [0.25, 0.3) is 22.6 Å². The number of hydrogen-bond donors (Lipinski definition) is 1. The summed E-state index contributed by atoms with van der Waals surface area (Å²) in [4.78, 5) is 33.5. The highest BCUT2D eigenvalue weighted by atomic mass is 19.4. The molecule has 4 aromatic rings. The first-order valence-electron chi connectivity index (χ1n) is 12.1. The molecule has 2 atom stereocenters. The molecule has 0 amide bonds. The molecule has 0 bridgehead atoms. The molecule has 1 N–H and O–H groups in total. The fourth-order valence-corrected chi connectivity index (χ4v) is 4.75. The first-order chi connectivity index (χ1) is 17.2. The highest BCUT2D eigenvalue weighted by Crippen LogP contribution is 2.48. The minimum Gasteiger partial charge on any atom is -0.332 e. The third kappa shape index (κ3) is 4.38. The number of aromatic amines is 1. The third-order valence-electron chi connectivity index (χ3n) is 6.67. The maximum atomic E-state index is 12.9. The van der Waals surface area contributed by atoms with Crippen LogP contribution in [0, 0.1) is 5.92 Å². The van der Waals surface area contributed by atoms with Crippen LogP contribution in [0.3, 0.4) is 0 Å². The highest BCUT2D eigenvalue weighted by molar-refractivity contribution is 5.75. The molecule has 190 valence electrons. The van der Waals surface area contributed by atoms with E-state index in [1.165, 1.54) is 9.13 Å². The summed E-state index contributed by atoms with van der Waals surface area (Å²) in [6.07, 6.45) is 1.41. The molecular weight excluding hydrogens is 473 g/mol. The van der Waals surface area contributed by atoms with E-state index >= 15 is 0 Å². The minimum absolute atomic E-state index is 0.201. The predicted molar refractivity (Wildman–Crippen MR) is 129 cm³/mol. The molecule has 1 aliphatic carbocycles. The van der Waals surface area contributed by atoms with Crippen LogP contribution >= 0.6 is 0 Å². The molecule has 1 aromatic carbocycles. The van der Waals surface area contributed by atoms with Crippen molar-refractivity contribution in [3.63, 3.8) is 0 Å². The van der Waals surface area contributed by atoms with Gasteiger partial charge in [0.05, 0.1) is 17.3 Å². The Balaban J connectivity index is 1.36. The topological polar surface area (TPSA) is 90.5 Å². The summed E-state index contributed by atoms with van der Waals surface area (Å²) in [6.45, 7) is 5.28. The van der Waals surface area contributed by atoms with Gasteiger partial charge in [0.15, 0.2) is 5.65 Å². The van der Waals surface area contributed by atoms with E-state index in [4.69, 9.17) is 0 Å². The van der Waals surface area contributed by atoms with Crippen LogP contribution in [0.5, 0.6) is 0 Å². The molecule has 3 aromatic heterocycles. The molecule has 1 fully saturated rings. The average molecular weight is 501 g/mol. The lowest BCUT2D eigenvalue weighted by Gasteiger charge is -2.09. The van der Waals surface area contributed by atoms with Gasteiger partial charge in [0.1, 0.15) is 11.3 Å². The summed E-state index contributed by atoms with van der Waals surface area (Å²) in [7, 11) is 0. The van der Waals surface area contributed by atoms with Crippen molar-refractivity contribution >= 4 is 11.2 Å². The number of halogens is 3. The van der Waals surface area contributed by atoms with E-state index in [2.05, 4.69) is 15.1 Å². The SMILES string of the molecule is CCCn1c(=O)c2[nH]c(-c3cnn(CC4CC4c4ccc(C(F)(F)F)cc4)c3)nc2n(CCC)c1=O. The van der Waals surface area contributed by atoms with Crippen molar-refractivity contribution < 1.29 is 13.2 Å². The molecule has 0 spiro atoms. The number of fused-ring (bicyclic) bond motifs is 1. The van der Waals surface area contributed by atoms with Crippen LogP contribution in [-0.2, 0) is 25.8 Å². The van der Waals surface area contributed by atoms with Gasteiger partial charge in [-0.05, 0) is 48.8 Å². The standard InChI is InChI=1S/C25H27F3N6O2/c1-3-9-33-22-20(23(35)34(10-4-2)24(33)36)30-21(31-22)17-12-29-32(14-17)13-16-11-19(16)15-5-7-18(8-6-15)25(26,27)28/h5-8,12,14,16,19H,3-4,9-11,13H2,1-2H3,(H,30,31). The van der Waals surface area contributed by atoms with Crippen molar-refractivity contribution in [2.75, 3.05) is 0 Å². The zero-order chi connectivity index (χ0) is 25.6. The molecule has 0 radical (unpaired) electrons. The maximum absolute atomic E-state index is 12.9. The number of hydrogen-bond acceptors (Lipinski definition) is 4. The van der Waals surface area contributed by atoms with Crippen molar-refractivity contribution in [2.45, 2.75) is 64.8 Å². The number of H-pyrrole nitrogens is 1. The molecule has 1 aliphatic rings. The first-order valence-corrected chi connectivity index (χ1v) is 12.1. The Labute approximate surface area is 204 Å². The van der Waals surface area contributed by atoms with E-state index in [0.717, 1.165) is 30.5 Å². The lowest BCUT2D eigenvalue weighted by atomic mass is 10.1. The second-order valence-corrected chi connectivity index (χ2v) is 9.35. The van der Waals surface area contributed by atoms with Crippen molar-refractivity contribution in [3.8, 4) is 11.4 Å². The van der Waals surface area contributed by atoms with Gasteiger partial charge in [-0.3, -0.25) is 18.6 Å². The summed E-state index contributed by atoms with van der Waals surface area (Å²) in [5, 5.41) is 4.42. The van der Waals surface area contributed by atoms with Crippen molar-refractivity contribution in [3.05, 3.63) is 68.6 Å². The third-order valence-corrected chi connectivity index (χ3v) is 6.67. The average Bonchev–Trinajstić information content (AvgIpc) is 3.23. The van der Waals surface area contributed by atoms with Gasteiger partial charge in [0, 0.05) is 25.8 Å². The van der Waals surface area contributed by atoms with Crippen molar-refractivity contribution in [2.24, 2.45) is 5.92 Å². The fraction of sp³-hybridized carbons (Fsp3) is 0.440. The second-order valence-electron chi connectivity index (χ2n) is 9.35. The van der Waals surface area contributed by atoms with Crippen LogP contribution in [0.15, 0.2) is 46.2 Å². The van der Waals surface area contributed by atoms with E-state index in [1.807, 2.05) is 20.0 Å². The van der Waals surface area contributed by atoms with Gasteiger partial charge in [0.25, 0.3) is 5.56 Å². The monoisotopic (exact) mass is 500 g/mol. The number of imidazole rings is 1. The number of nitrogens with one attached hydrogen (secondary N) is 1. The number of nitrogens with zero attached hydrogens (tertiary/aromatic N) is 5. The Morgan fingerprint density at radius 2 is 1.75 bits per heavy atom. The Bertz CT molecular complexity index is 1510. The Morgan fingerprint density at radius 3 is 2.42 bits per heavy atom. The zero-order valence-electron chi connectivity index (χ0n) is 20.0. The minimum atomic E-state index is -4.34. The molecule has 3 heterocycles. The van der Waals surface area contributed by atoms with Gasteiger partial charge < -0.3 is 4.98 Å². The van der Waals surface area contributed by atoms with Gasteiger partial charge in [-0.15, -0.1) is 0 Å². The van der Waals surface area contributed by atoms with E-state index in [-0.39, 0.29) is 23.1 Å². The number of aryl methyl sites for hydroxylation is 1. The molecule has 0 saturated heterocycles. The molecule has 36 heavy (non-hydrogen) atoms. The summed E-state index contributed by atoms with van der Waals surface area (Å²) in [5.74, 6) is 0.940. The molecule has 2 unspecified atom stereocenters. The molecule has 11 heteroatoms. The van der Waals surface area contributed by atoms with E-state index in [9.17, 15) is 22.8 Å². The van der Waals surface area contributed by atoms with Crippen LogP contribution in [-0.4, -0.2) is 28.9 Å². The van der Waals surface area contributed by atoms with Gasteiger partial charge in [-0.1, -0.05) is 26.0 Å². The zero-order valence-corrected chi connectivity index (χ0v) is 20.0. The molecule has 1 saturated carbocycles. The van der Waals surface area contributed by atoms with E-state index in [0.29, 0.717) is 48.6 Å². The number of aromatic nitrogens is 6. The highest BCUT2D eigenvalue weighted by Gasteiger charge is 2.39. The summed E-state index contributed by atoms with van der Waals surface area (Å²) >= 11 is 0. The van der Waals surface area contributed by atoms with Crippen molar-refractivity contribution in [1.29, 1.82) is 0 Å². The molecule has 0 aliphatic heterocycles. The number of alkyl halides is 3. The van der Waals surface area contributed by atoms with Gasteiger partial charge in [0.2, 0.25) is 0 Å². The fourth-order valence-electron chi connectivity index (χ4n) is 4.75. The largest absolute Gasteiger partial charge is 0.416 e. The van der Waals surface area contributed by atoms with E-state index < -0.39 is 11.7 Å². The smallest absolute Gasteiger partial charge is 0.332 e.